The second kappa shape index (κ2) is 15.5. The average Bonchev–Trinajstić information content (AvgIpc) is 3.60. The van der Waals surface area contributed by atoms with E-state index in [2.05, 4.69) is 226 Å². The smallest absolute Gasteiger partial charge is 0.164 e. The molecule has 3 heteroatoms. The minimum atomic E-state index is -0.141. The van der Waals surface area contributed by atoms with E-state index in [1.54, 1.807) is 0 Å². The molecule has 3 nitrogen and oxygen atoms in total. The minimum Gasteiger partial charge on any atom is -0.208 e. The number of benzene rings is 10. The molecule has 12 rings (SSSR count). The van der Waals surface area contributed by atoms with Crippen molar-refractivity contribution in [2.24, 2.45) is 0 Å². The lowest BCUT2D eigenvalue weighted by molar-refractivity contribution is 0.661. The molecular formula is C62H43N3. The van der Waals surface area contributed by atoms with Crippen molar-refractivity contribution in [3.63, 3.8) is 0 Å². The highest BCUT2D eigenvalue weighted by molar-refractivity contribution is 6.22. The van der Waals surface area contributed by atoms with Gasteiger partial charge in [-0.25, -0.2) is 15.0 Å². The van der Waals surface area contributed by atoms with Crippen molar-refractivity contribution < 1.29 is 0 Å². The first kappa shape index (κ1) is 38.4. The molecule has 0 fully saturated rings. The van der Waals surface area contributed by atoms with Gasteiger partial charge in [-0.15, -0.1) is 0 Å². The van der Waals surface area contributed by atoms with E-state index >= 15 is 0 Å². The molecule has 306 valence electrons. The molecule has 0 saturated heterocycles. The first-order chi connectivity index (χ1) is 32.0. The predicted molar refractivity (Wildman–Crippen MR) is 270 cm³/mol. The molecule has 11 aromatic rings. The van der Waals surface area contributed by atoms with Crippen LogP contribution in [0.15, 0.2) is 224 Å². The summed E-state index contributed by atoms with van der Waals surface area (Å²) in [6, 6.07) is 80.4. The fourth-order valence-corrected chi connectivity index (χ4v) is 10.0. The van der Waals surface area contributed by atoms with Crippen LogP contribution in [-0.2, 0) is 5.41 Å². The fraction of sp³-hybridized carbons (Fsp3) is 0.0484. The number of nitrogens with zero attached hydrogens (tertiary/aromatic N) is 3. The normalized spacial score (nSPS) is 12.6. The summed E-state index contributed by atoms with van der Waals surface area (Å²) in [5, 5.41) is 4.96. The molecule has 10 aromatic carbocycles. The van der Waals surface area contributed by atoms with Crippen LogP contribution in [-0.4, -0.2) is 15.0 Å². The molecule has 0 spiro atoms. The number of hydrogen-bond acceptors (Lipinski definition) is 3. The first-order valence-electron chi connectivity index (χ1n) is 22.3. The Morgan fingerprint density at radius 3 is 1.08 bits per heavy atom. The van der Waals surface area contributed by atoms with Crippen LogP contribution in [0.1, 0.15) is 25.0 Å². The van der Waals surface area contributed by atoms with Gasteiger partial charge in [0.15, 0.2) is 17.5 Å². The molecule has 0 aliphatic heterocycles. The van der Waals surface area contributed by atoms with E-state index in [0.29, 0.717) is 17.5 Å². The van der Waals surface area contributed by atoms with E-state index in [0.717, 1.165) is 33.4 Å². The third-order valence-electron chi connectivity index (χ3n) is 13.4. The van der Waals surface area contributed by atoms with Crippen molar-refractivity contribution in [2.75, 3.05) is 0 Å². The maximum absolute atomic E-state index is 5.17. The van der Waals surface area contributed by atoms with Crippen LogP contribution in [0.2, 0.25) is 0 Å². The monoisotopic (exact) mass is 829 g/mol. The Kier molecular flexibility index (Phi) is 9.17. The van der Waals surface area contributed by atoms with Crippen molar-refractivity contribution in [3.8, 4) is 89.8 Å². The molecule has 1 aliphatic rings. The highest BCUT2D eigenvalue weighted by Gasteiger charge is 2.36. The van der Waals surface area contributed by atoms with Gasteiger partial charge in [0, 0.05) is 22.1 Å². The van der Waals surface area contributed by atoms with Crippen molar-refractivity contribution in [2.45, 2.75) is 19.3 Å². The lowest BCUT2D eigenvalue weighted by Gasteiger charge is -2.24. The Hall–Kier alpha value is -8.27. The molecule has 1 aliphatic carbocycles. The van der Waals surface area contributed by atoms with Crippen LogP contribution in [0.25, 0.3) is 111 Å². The first-order valence-corrected chi connectivity index (χ1v) is 22.3. The van der Waals surface area contributed by atoms with Gasteiger partial charge in [0.25, 0.3) is 0 Å². The largest absolute Gasteiger partial charge is 0.208 e. The summed E-state index contributed by atoms with van der Waals surface area (Å²) in [5.74, 6) is 1.89. The maximum Gasteiger partial charge on any atom is 0.164 e. The predicted octanol–water partition coefficient (Wildman–Crippen LogP) is 16.2. The Balaban J connectivity index is 1.01. The number of hydrogen-bond donors (Lipinski definition) is 0. The maximum atomic E-state index is 5.17. The standard InChI is InChI=1S/C62H43N3/c1-62(2)55-25-15-14-22-49(55)52-38-53-54(39-56(52)62)58(51-24-13-12-23-50(51)57(53)44-20-10-5-11-21-44)45-30-36-48(37-31-45)61-64-59(46-32-26-42(27-33-46)40-16-6-3-7-17-40)63-60(65-61)47-34-28-43(29-35-47)41-18-8-4-9-19-41/h3-39H,1-2H3. The Morgan fingerprint density at radius 2 is 0.600 bits per heavy atom. The van der Waals surface area contributed by atoms with Gasteiger partial charge in [0.05, 0.1) is 0 Å². The molecule has 0 bridgehead atoms. The molecule has 0 radical (unpaired) electrons. The minimum absolute atomic E-state index is 0.141. The van der Waals surface area contributed by atoms with Gasteiger partial charge < -0.3 is 0 Å². The highest BCUT2D eigenvalue weighted by atomic mass is 15.0. The van der Waals surface area contributed by atoms with Crippen molar-refractivity contribution in [3.05, 3.63) is 236 Å². The summed E-state index contributed by atoms with van der Waals surface area (Å²) in [6.45, 7) is 4.73. The van der Waals surface area contributed by atoms with Gasteiger partial charge in [-0.3, -0.25) is 0 Å². The van der Waals surface area contributed by atoms with E-state index in [-0.39, 0.29) is 5.41 Å². The summed E-state index contributed by atoms with van der Waals surface area (Å²) in [5.41, 5.74) is 17.5. The molecule has 0 amide bonds. The topological polar surface area (TPSA) is 38.7 Å². The zero-order chi connectivity index (χ0) is 43.5. The molecule has 65 heavy (non-hydrogen) atoms. The Labute approximate surface area is 379 Å². The van der Waals surface area contributed by atoms with Crippen molar-refractivity contribution in [1.29, 1.82) is 0 Å². The van der Waals surface area contributed by atoms with Crippen LogP contribution in [0.3, 0.4) is 0 Å². The van der Waals surface area contributed by atoms with Gasteiger partial charge in [-0.1, -0.05) is 226 Å². The number of fused-ring (bicyclic) bond motifs is 5. The van der Waals surface area contributed by atoms with Gasteiger partial charge in [-0.2, -0.15) is 0 Å². The second-order valence-electron chi connectivity index (χ2n) is 17.5. The molecule has 0 unspecified atom stereocenters. The zero-order valence-electron chi connectivity index (χ0n) is 36.2. The van der Waals surface area contributed by atoms with Gasteiger partial charge in [0.1, 0.15) is 0 Å². The Bertz CT molecular complexity index is 3460. The molecule has 0 saturated carbocycles. The summed E-state index contributed by atoms with van der Waals surface area (Å²) in [7, 11) is 0. The second-order valence-corrected chi connectivity index (χ2v) is 17.5. The van der Waals surface area contributed by atoms with E-state index in [1.807, 2.05) is 12.1 Å². The SMILES string of the molecule is CC1(C)c2ccccc2-c2cc3c(-c4ccccc4)c4ccccc4c(-c4ccc(-c5nc(-c6ccc(-c7ccccc7)cc6)nc(-c6ccc(-c7ccccc7)cc6)n5)cc4)c3cc21. The van der Waals surface area contributed by atoms with Crippen molar-refractivity contribution >= 4 is 21.5 Å². The quantitative estimate of drug-likeness (QED) is 0.150. The summed E-state index contributed by atoms with van der Waals surface area (Å²) in [4.78, 5) is 15.4. The van der Waals surface area contributed by atoms with E-state index < -0.39 is 0 Å². The molecule has 1 aromatic heterocycles. The van der Waals surface area contributed by atoms with Crippen LogP contribution < -0.4 is 0 Å². The van der Waals surface area contributed by atoms with Crippen LogP contribution in [0, 0.1) is 0 Å². The fourth-order valence-electron chi connectivity index (χ4n) is 10.0. The van der Waals surface area contributed by atoms with Gasteiger partial charge in [-0.05, 0) is 100 Å². The average molecular weight is 830 g/mol. The van der Waals surface area contributed by atoms with E-state index in [1.165, 1.54) is 71.6 Å². The molecule has 0 N–H and O–H groups in total. The summed E-state index contributed by atoms with van der Waals surface area (Å²) >= 11 is 0. The van der Waals surface area contributed by atoms with E-state index in [9.17, 15) is 0 Å². The third kappa shape index (κ3) is 6.63. The van der Waals surface area contributed by atoms with Crippen LogP contribution in [0.5, 0.6) is 0 Å². The number of rotatable bonds is 7. The van der Waals surface area contributed by atoms with Crippen LogP contribution in [0.4, 0.5) is 0 Å². The summed E-state index contributed by atoms with van der Waals surface area (Å²) < 4.78 is 0. The van der Waals surface area contributed by atoms with Gasteiger partial charge >= 0.3 is 0 Å². The highest BCUT2D eigenvalue weighted by Crippen LogP contribution is 2.53. The molecular weight excluding hydrogens is 787 g/mol. The molecule has 0 atom stereocenters. The zero-order valence-corrected chi connectivity index (χ0v) is 36.2. The summed E-state index contributed by atoms with van der Waals surface area (Å²) in [6.07, 6.45) is 0. The lowest BCUT2D eigenvalue weighted by Crippen LogP contribution is -2.14. The Morgan fingerprint density at radius 1 is 0.262 bits per heavy atom. The molecule has 1 heterocycles. The van der Waals surface area contributed by atoms with Crippen molar-refractivity contribution in [1.82, 2.24) is 15.0 Å². The van der Waals surface area contributed by atoms with Crippen LogP contribution >= 0.6 is 0 Å². The lowest BCUT2D eigenvalue weighted by atomic mass is 9.79. The third-order valence-corrected chi connectivity index (χ3v) is 13.4. The van der Waals surface area contributed by atoms with E-state index in [4.69, 9.17) is 15.0 Å². The number of aromatic nitrogens is 3. The van der Waals surface area contributed by atoms with Gasteiger partial charge in [0.2, 0.25) is 0 Å².